The van der Waals surface area contributed by atoms with Crippen LogP contribution >= 0.6 is 0 Å². The molecule has 2 nitrogen and oxygen atoms in total. The molecule has 0 aromatic rings. The molecule has 1 aliphatic rings. The zero-order valence-electron chi connectivity index (χ0n) is 9.84. The van der Waals surface area contributed by atoms with Crippen molar-refractivity contribution in [3.63, 3.8) is 0 Å². The van der Waals surface area contributed by atoms with Crippen LogP contribution in [-0.4, -0.2) is 24.8 Å². The van der Waals surface area contributed by atoms with Crippen molar-refractivity contribution < 1.29 is 4.74 Å². The molecule has 0 bridgehead atoms. The van der Waals surface area contributed by atoms with Crippen molar-refractivity contribution in [3.05, 3.63) is 11.6 Å². The van der Waals surface area contributed by atoms with Gasteiger partial charge in [0.25, 0.3) is 0 Å². The number of hydrogen-bond donors (Lipinski definition) is 1. The van der Waals surface area contributed by atoms with Crippen molar-refractivity contribution in [3.8, 4) is 0 Å². The molecule has 0 saturated carbocycles. The van der Waals surface area contributed by atoms with E-state index in [9.17, 15) is 0 Å². The summed E-state index contributed by atoms with van der Waals surface area (Å²) >= 11 is 0. The van der Waals surface area contributed by atoms with E-state index < -0.39 is 0 Å². The Hall–Kier alpha value is -0.340. The summed E-state index contributed by atoms with van der Waals surface area (Å²) in [4.78, 5) is 0. The molecule has 0 radical (unpaired) electrons. The molecule has 2 unspecified atom stereocenters. The predicted octanol–water partition coefficient (Wildman–Crippen LogP) is 2.50. The van der Waals surface area contributed by atoms with Crippen LogP contribution in [-0.2, 0) is 4.74 Å². The summed E-state index contributed by atoms with van der Waals surface area (Å²) in [7, 11) is 0. The minimum absolute atomic E-state index is 0.360. The zero-order chi connectivity index (χ0) is 10.6. The lowest BCUT2D eigenvalue weighted by Crippen LogP contribution is -2.24. The topological polar surface area (TPSA) is 21.3 Å². The van der Waals surface area contributed by atoms with Crippen LogP contribution in [0.2, 0.25) is 0 Å². The van der Waals surface area contributed by atoms with Crippen molar-refractivity contribution in [2.75, 3.05) is 6.54 Å². The van der Waals surface area contributed by atoms with E-state index in [-0.39, 0.29) is 0 Å². The third-order valence-corrected chi connectivity index (χ3v) is 2.52. The van der Waals surface area contributed by atoms with E-state index in [4.69, 9.17) is 4.74 Å². The first kappa shape index (κ1) is 11.7. The fourth-order valence-electron chi connectivity index (χ4n) is 1.70. The molecule has 1 fully saturated rings. The van der Waals surface area contributed by atoms with E-state index in [1.807, 2.05) is 0 Å². The van der Waals surface area contributed by atoms with Gasteiger partial charge in [-0.25, -0.2) is 0 Å². The van der Waals surface area contributed by atoms with Gasteiger partial charge in [0.15, 0.2) is 0 Å². The highest BCUT2D eigenvalue weighted by Gasteiger charge is 2.19. The van der Waals surface area contributed by atoms with Crippen molar-refractivity contribution in [2.45, 2.75) is 58.8 Å². The first-order valence-corrected chi connectivity index (χ1v) is 5.64. The molecule has 14 heavy (non-hydrogen) atoms. The van der Waals surface area contributed by atoms with Gasteiger partial charge in [0.2, 0.25) is 0 Å². The minimum Gasteiger partial charge on any atom is -0.371 e. The summed E-state index contributed by atoms with van der Waals surface area (Å²) in [5, 5.41) is 3.41. The van der Waals surface area contributed by atoms with Crippen LogP contribution in [0.4, 0.5) is 0 Å². The highest BCUT2D eigenvalue weighted by atomic mass is 16.5. The minimum atomic E-state index is 0.360. The molecular formula is C12H23NO. The van der Waals surface area contributed by atoms with E-state index in [2.05, 4.69) is 39.1 Å². The highest BCUT2D eigenvalue weighted by molar-refractivity contribution is 5.05. The van der Waals surface area contributed by atoms with Crippen molar-refractivity contribution in [1.82, 2.24) is 5.32 Å². The van der Waals surface area contributed by atoms with Crippen LogP contribution in [0.25, 0.3) is 0 Å². The van der Waals surface area contributed by atoms with Crippen LogP contribution in [0, 0.1) is 0 Å². The normalized spacial score (nSPS) is 28.8. The molecule has 2 heteroatoms. The molecule has 0 amide bonds. The lowest BCUT2D eigenvalue weighted by Gasteiger charge is -2.11. The Morgan fingerprint density at radius 3 is 2.71 bits per heavy atom. The molecule has 0 aliphatic carbocycles. The second-order valence-electron chi connectivity index (χ2n) is 4.61. The van der Waals surface area contributed by atoms with Crippen molar-refractivity contribution in [1.29, 1.82) is 0 Å². The molecular weight excluding hydrogens is 174 g/mol. The summed E-state index contributed by atoms with van der Waals surface area (Å²) in [6.45, 7) is 9.63. The number of nitrogens with one attached hydrogen (secondary N) is 1. The summed E-state index contributed by atoms with van der Waals surface area (Å²) in [6.07, 6.45) is 5.45. The molecule has 2 atom stereocenters. The Balaban J connectivity index is 2.28. The maximum Gasteiger partial charge on any atom is 0.0763 e. The SMILES string of the molecule is CC(=CC1CCC(C)O1)CNC(C)C. The molecule has 82 valence electrons. The maximum atomic E-state index is 5.73. The average molecular weight is 197 g/mol. The van der Waals surface area contributed by atoms with Crippen LogP contribution in [0.1, 0.15) is 40.5 Å². The van der Waals surface area contributed by atoms with Gasteiger partial charge in [-0.3, -0.25) is 0 Å². The molecule has 1 rings (SSSR count). The van der Waals surface area contributed by atoms with E-state index in [1.54, 1.807) is 0 Å². The molecule has 0 aromatic carbocycles. The van der Waals surface area contributed by atoms with Crippen molar-refractivity contribution >= 4 is 0 Å². The van der Waals surface area contributed by atoms with Crippen LogP contribution in [0.5, 0.6) is 0 Å². The van der Waals surface area contributed by atoms with Gasteiger partial charge in [-0.1, -0.05) is 25.5 Å². The second-order valence-corrected chi connectivity index (χ2v) is 4.61. The van der Waals surface area contributed by atoms with Crippen molar-refractivity contribution in [2.24, 2.45) is 0 Å². The second kappa shape index (κ2) is 5.52. The van der Waals surface area contributed by atoms with E-state index >= 15 is 0 Å². The summed E-state index contributed by atoms with van der Waals surface area (Å²) < 4.78 is 5.73. The highest BCUT2D eigenvalue weighted by Crippen LogP contribution is 2.20. The lowest BCUT2D eigenvalue weighted by molar-refractivity contribution is 0.0828. The Labute approximate surface area is 87.7 Å². The maximum absolute atomic E-state index is 5.73. The standard InChI is InChI=1S/C12H23NO/c1-9(2)13-8-10(3)7-12-6-5-11(4)14-12/h7,9,11-13H,5-6,8H2,1-4H3. The lowest BCUT2D eigenvalue weighted by atomic mass is 10.1. The first-order valence-electron chi connectivity index (χ1n) is 5.64. The Kier molecular flexibility index (Phi) is 4.63. The molecule has 1 aliphatic heterocycles. The third-order valence-electron chi connectivity index (χ3n) is 2.52. The Morgan fingerprint density at radius 1 is 1.50 bits per heavy atom. The number of rotatable bonds is 4. The fourth-order valence-corrected chi connectivity index (χ4v) is 1.70. The molecule has 0 spiro atoms. The van der Waals surface area contributed by atoms with Crippen LogP contribution < -0.4 is 5.32 Å². The molecule has 1 saturated heterocycles. The van der Waals surface area contributed by atoms with E-state index in [1.165, 1.54) is 18.4 Å². The smallest absolute Gasteiger partial charge is 0.0763 e. The van der Waals surface area contributed by atoms with Gasteiger partial charge in [-0.2, -0.15) is 0 Å². The average Bonchev–Trinajstić information content (AvgIpc) is 2.48. The molecule has 1 heterocycles. The zero-order valence-corrected chi connectivity index (χ0v) is 9.84. The van der Waals surface area contributed by atoms with Gasteiger partial charge < -0.3 is 10.1 Å². The Morgan fingerprint density at radius 2 is 2.21 bits per heavy atom. The third kappa shape index (κ3) is 4.25. The molecule has 1 N–H and O–H groups in total. The van der Waals surface area contributed by atoms with E-state index in [0.29, 0.717) is 18.2 Å². The van der Waals surface area contributed by atoms with Gasteiger partial charge in [-0.05, 0) is 26.7 Å². The Bertz CT molecular complexity index is 198. The fraction of sp³-hybridized carbons (Fsp3) is 0.833. The van der Waals surface area contributed by atoms with E-state index in [0.717, 1.165) is 6.54 Å². The van der Waals surface area contributed by atoms with Gasteiger partial charge in [0.05, 0.1) is 12.2 Å². The van der Waals surface area contributed by atoms with Crippen LogP contribution in [0.15, 0.2) is 11.6 Å². The van der Waals surface area contributed by atoms with Gasteiger partial charge in [0, 0.05) is 12.6 Å². The predicted molar refractivity (Wildman–Crippen MR) is 60.5 cm³/mol. The number of hydrogen-bond acceptors (Lipinski definition) is 2. The van der Waals surface area contributed by atoms with Gasteiger partial charge >= 0.3 is 0 Å². The molecule has 0 aromatic heterocycles. The quantitative estimate of drug-likeness (QED) is 0.699. The monoisotopic (exact) mass is 197 g/mol. The number of ether oxygens (including phenoxy) is 1. The summed E-state index contributed by atoms with van der Waals surface area (Å²) in [5.74, 6) is 0. The largest absolute Gasteiger partial charge is 0.371 e. The van der Waals surface area contributed by atoms with Crippen LogP contribution in [0.3, 0.4) is 0 Å². The van der Waals surface area contributed by atoms with Gasteiger partial charge in [0.1, 0.15) is 0 Å². The van der Waals surface area contributed by atoms with Gasteiger partial charge in [-0.15, -0.1) is 0 Å². The summed E-state index contributed by atoms with van der Waals surface area (Å²) in [6, 6.07) is 0.557. The summed E-state index contributed by atoms with van der Waals surface area (Å²) in [5.41, 5.74) is 1.39. The first-order chi connectivity index (χ1) is 6.58.